The highest BCUT2D eigenvalue weighted by molar-refractivity contribution is 5.82. The first kappa shape index (κ1) is 8.99. The van der Waals surface area contributed by atoms with Crippen LogP contribution in [0.1, 0.15) is 12.8 Å². The minimum absolute atomic E-state index is 0.169. The van der Waals surface area contributed by atoms with Gasteiger partial charge < -0.3 is 4.74 Å². The maximum Gasteiger partial charge on any atom is 0.308 e. The van der Waals surface area contributed by atoms with Crippen LogP contribution in [0.5, 0.6) is 0 Å². The minimum atomic E-state index is -0.421. The van der Waals surface area contributed by atoms with E-state index >= 15 is 0 Å². The zero-order chi connectivity index (χ0) is 9.14. The Labute approximate surface area is 69.7 Å². The molecule has 0 bridgehead atoms. The average Bonchev–Trinajstić information content (AvgIpc) is 2.01. The number of hydrogen-bond donors (Lipinski definition) is 2. The normalized spacial score (nSPS) is 27.2. The monoisotopic (exact) mass is 173 g/mol. The van der Waals surface area contributed by atoms with Crippen LogP contribution in [-0.4, -0.2) is 24.2 Å². The fourth-order valence-corrected chi connectivity index (χ4v) is 1.28. The molecule has 1 aliphatic carbocycles. The van der Waals surface area contributed by atoms with Crippen molar-refractivity contribution in [3.05, 3.63) is 0 Å². The van der Waals surface area contributed by atoms with Crippen LogP contribution in [0, 0.1) is 11.8 Å². The molecule has 0 aromatic heterocycles. The van der Waals surface area contributed by atoms with Gasteiger partial charge in [0.05, 0.1) is 13.0 Å². The van der Waals surface area contributed by atoms with Gasteiger partial charge in [-0.2, -0.15) is 0 Å². The molecule has 0 aromatic rings. The first-order chi connectivity index (χ1) is 5.69. The average molecular weight is 173 g/mol. The van der Waals surface area contributed by atoms with Crippen LogP contribution >= 0.6 is 0 Å². The lowest BCUT2D eigenvalue weighted by Crippen LogP contribution is -2.40. The fraction of sp³-hybridized carbons (Fsp3) is 0.714. The Kier molecular flexibility index (Phi) is 2.65. The molecule has 0 aromatic carbocycles. The van der Waals surface area contributed by atoms with Crippen molar-refractivity contribution in [1.82, 2.24) is 5.48 Å². The van der Waals surface area contributed by atoms with Crippen molar-refractivity contribution < 1.29 is 19.5 Å². The highest BCUT2D eigenvalue weighted by Crippen LogP contribution is 2.34. The van der Waals surface area contributed by atoms with E-state index < -0.39 is 5.91 Å². The summed E-state index contributed by atoms with van der Waals surface area (Å²) < 4.78 is 4.48. The molecular weight excluding hydrogens is 162 g/mol. The molecule has 2 N–H and O–H groups in total. The SMILES string of the molecule is COC(=O)C1CC(C(=O)NO)C1. The second-order valence-electron chi connectivity index (χ2n) is 2.86. The smallest absolute Gasteiger partial charge is 0.308 e. The van der Waals surface area contributed by atoms with Gasteiger partial charge in [-0.05, 0) is 12.8 Å². The van der Waals surface area contributed by atoms with Gasteiger partial charge in [-0.3, -0.25) is 14.8 Å². The number of methoxy groups -OCH3 is 1. The zero-order valence-electron chi connectivity index (χ0n) is 6.74. The third-order valence-corrected chi connectivity index (χ3v) is 2.15. The summed E-state index contributed by atoms with van der Waals surface area (Å²) in [5.74, 6) is -1.11. The minimum Gasteiger partial charge on any atom is -0.469 e. The van der Waals surface area contributed by atoms with Crippen molar-refractivity contribution in [3.8, 4) is 0 Å². The van der Waals surface area contributed by atoms with Gasteiger partial charge in [0, 0.05) is 5.92 Å². The van der Waals surface area contributed by atoms with E-state index in [1.807, 2.05) is 0 Å². The molecule has 5 heteroatoms. The maximum absolute atomic E-state index is 10.8. The summed E-state index contributed by atoms with van der Waals surface area (Å²) in [6, 6.07) is 0. The van der Waals surface area contributed by atoms with Crippen molar-refractivity contribution in [2.45, 2.75) is 12.8 Å². The van der Waals surface area contributed by atoms with Crippen molar-refractivity contribution in [2.75, 3.05) is 7.11 Å². The number of amides is 1. The molecule has 0 radical (unpaired) electrons. The molecule has 68 valence electrons. The topological polar surface area (TPSA) is 75.6 Å². The van der Waals surface area contributed by atoms with Crippen molar-refractivity contribution in [1.29, 1.82) is 0 Å². The van der Waals surface area contributed by atoms with Crippen LogP contribution in [-0.2, 0) is 14.3 Å². The summed E-state index contributed by atoms with van der Waals surface area (Å²) in [5.41, 5.74) is 1.55. The van der Waals surface area contributed by atoms with Crippen LogP contribution in [0.4, 0.5) is 0 Å². The molecule has 0 heterocycles. The van der Waals surface area contributed by atoms with Gasteiger partial charge in [0.1, 0.15) is 0 Å². The zero-order valence-corrected chi connectivity index (χ0v) is 6.74. The molecular formula is C7H11NO4. The number of ether oxygens (including phenoxy) is 1. The number of hydrogen-bond acceptors (Lipinski definition) is 4. The number of hydroxylamine groups is 1. The van der Waals surface area contributed by atoms with Gasteiger partial charge in [-0.25, -0.2) is 5.48 Å². The number of rotatable bonds is 2. The molecule has 5 nitrogen and oxygen atoms in total. The van der Waals surface area contributed by atoms with Crippen LogP contribution in [0.25, 0.3) is 0 Å². The fourth-order valence-electron chi connectivity index (χ4n) is 1.28. The number of esters is 1. The molecule has 0 unspecified atom stereocenters. The van der Waals surface area contributed by atoms with E-state index in [1.165, 1.54) is 7.11 Å². The Morgan fingerprint density at radius 1 is 1.42 bits per heavy atom. The van der Waals surface area contributed by atoms with Gasteiger partial charge >= 0.3 is 5.97 Å². The third kappa shape index (κ3) is 1.55. The van der Waals surface area contributed by atoms with Gasteiger partial charge in [0.2, 0.25) is 5.91 Å². The van der Waals surface area contributed by atoms with E-state index in [4.69, 9.17) is 5.21 Å². The Balaban J connectivity index is 2.28. The summed E-state index contributed by atoms with van der Waals surface area (Å²) >= 11 is 0. The maximum atomic E-state index is 10.8. The lowest BCUT2D eigenvalue weighted by atomic mass is 9.74. The lowest BCUT2D eigenvalue weighted by Gasteiger charge is -2.30. The summed E-state index contributed by atoms with van der Waals surface area (Å²) in [4.78, 5) is 21.6. The van der Waals surface area contributed by atoms with E-state index in [2.05, 4.69) is 4.74 Å². The molecule has 1 aliphatic rings. The van der Waals surface area contributed by atoms with E-state index in [1.54, 1.807) is 5.48 Å². The standard InChI is InChI=1S/C7H11NO4/c1-12-7(10)5-2-4(3-5)6(9)8-11/h4-5,11H,2-3H2,1H3,(H,8,9). The Morgan fingerprint density at radius 3 is 2.42 bits per heavy atom. The summed E-state index contributed by atoms with van der Waals surface area (Å²) in [5, 5.41) is 8.24. The highest BCUT2D eigenvalue weighted by Gasteiger charge is 2.39. The Hall–Kier alpha value is -1.10. The lowest BCUT2D eigenvalue weighted by molar-refractivity contribution is -0.153. The largest absolute Gasteiger partial charge is 0.469 e. The molecule has 12 heavy (non-hydrogen) atoms. The summed E-state index contributed by atoms with van der Waals surface area (Å²) in [6.07, 6.45) is 0.943. The van der Waals surface area contributed by atoms with Gasteiger partial charge in [-0.1, -0.05) is 0 Å². The second kappa shape index (κ2) is 3.53. The molecule has 0 atom stereocenters. The van der Waals surface area contributed by atoms with E-state index in [9.17, 15) is 9.59 Å². The molecule has 1 rings (SSSR count). The predicted molar refractivity (Wildman–Crippen MR) is 38.2 cm³/mol. The molecule has 0 spiro atoms. The summed E-state index contributed by atoms with van der Waals surface area (Å²) in [6.45, 7) is 0. The quantitative estimate of drug-likeness (QED) is 0.341. The second-order valence-corrected chi connectivity index (χ2v) is 2.86. The molecule has 1 fully saturated rings. The van der Waals surface area contributed by atoms with E-state index in [0.29, 0.717) is 12.8 Å². The number of nitrogens with one attached hydrogen (secondary N) is 1. The number of carbonyl (C=O) groups is 2. The van der Waals surface area contributed by atoms with Crippen molar-refractivity contribution >= 4 is 11.9 Å². The molecule has 1 saturated carbocycles. The van der Waals surface area contributed by atoms with Gasteiger partial charge in [-0.15, -0.1) is 0 Å². The van der Waals surface area contributed by atoms with Crippen LogP contribution < -0.4 is 5.48 Å². The predicted octanol–water partition coefficient (Wildman–Crippen LogP) is -0.309. The molecule has 1 amide bonds. The van der Waals surface area contributed by atoms with E-state index in [0.717, 1.165) is 0 Å². The molecule has 0 aliphatic heterocycles. The van der Waals surface area contributed by atoms with Gasteiger partial charge in [0.15, 0.2) is 0 Å². The number of carbonyl (C=O) groups excluding carboxylic acids is 2. The first-order valence-electron chi connectivity index (χ1n) is 3.70. The Morgan fingerprint density at radius 2 is 2.00 bits per heavy atom. The van der Waals surface area contributed by atoms with Crippen molar-refractivity contribution in [2.24, 2.45) is 11.8 Å². The van der Waals surface area contributed by atoms with Crippen LogP contribution in [0.3, 0.4) is 0 Å². The summed E-state index contributed by atoms with van der Waals surface area (Å²) in [7, 11) is 1.32. The van der Waals surface area contributed by atoms with Gasteiger partial charge in [0.25, 0.3) is 0 Å². The van der Waals surface area contributed by atoms with Crippen LogP contribution in [0.2, 0.25) is 0 Å². The third-order valence-electron chi connectivity index (χ3n) is 2.15. The van der Waals surface area contributed by atoms with Crippen LogP contribution in [0.15, 0.2) is 0 Å². The van der Waals surface area contributed by atoms with Crippen molar-refractivity contribution in [3.63, 3.8) is 0 Å². The Bertz CT molecular complexity index is 178. The molecule has 0 saturated heterocycles. The first-order valence-corrected chi connectivity index (χ1v) is 3.70. The highest BCUT2D eigenvalue weighted by atomic mass is 16.5. The van der Waals surface area contributed by atoms with E-state index in [-0.39, 0.29) is 17.8 Å².